The highest BCUT2D eigenvalue weighted by Crippen LogP contribution is 2.29. The van der Waals surface area contributed by atoms with Crippen molar-refractivity contribution in [2.24, 2.45) is 4.99 Å². The lowest BCUT2D eigenvalue weighted by Crippen LogP contribution is -2.36. The molecule has 0 atom stereocenters. The third-order valence-corrected chi connectivity index (χ3v) is 4.03. The zero-order valence-electron chi connectivity index (χ0n) is 16.4. The average molecular weight is 406 g/mol. The van der Waals surface area contributed by atoms with Gasteiger partial charge in [0, 0.05) is 25.2 Å². The molecule has 29 heavy (non-hydrogen) atoms. The number of halogens is 3. The summed E-state index contributed by atoms with van der Waals surface area (Å²) < 4.78 is 38.5. The van der Waals surface area contributed by atoms with E-state index in [2.05, 4.69) is 20.9 Å². The van der Waals surface area contributed by atoms with Crippen LogP contribution in [0, 0.1) is 0 Å². The van der Waals surface area contributed by atoms with Gasteiger partial charge in [0.1, 0.15) is 0 Å². The van der Waals surface area contributed by atoms with E-state index in [0.717, 1.165) is 17.7 Å². The minimum Gasteiger partial charge on any atom is -0.357 e. The summed E-state index contributed by atoms with van der Waals surface area (Å²) in [6, 6.07) is 12.3. The number of nitrogens with zero attached hydrogens (tertiary/aromatic N) is 1. The highest BCUT2D eigenvalue weighted by molar-refractivity contribution is 5.94. The van der Waals surface area contributed by atoms with Crippen LogP contribution in [0.15, 0.2) is 53.5 Å². The molecule has 8 heteroatoms. The van der Waals surface area contributed by atoms with Crippen LogP contribution >= 0.6 is 0 Å². The van der Waals surface area contributed by atoms with Gasteiger partial charge in [-0.15, -0.1) is 0 Å². The first-order chi connectivity index (χ1) is 13.8. The molecule has 0 aromatic heterocycles. The number of aliphatic imine (C=N–C) groups is 1. The number of amides is 1. The lowest BCUT2D eigenvalue weighted by Gasteiger charge is -2.12. The first kappa shape index (κ1) is 22.3. The predicted molar refractivity (Wildman–Crippen MR) is 108 cm³/mol. The minimum atomic E-state index is -4.37. The number of hydrogen-bond acceptors (Lipinski definition) is 2. The average Bonchev–Trinajstić information content (AvgIpc) is 2.70. The van der Waals surface area contributed by atoms with Crippen molar-refractivity contribution in [3.8, 4) is 0 Å². The number of benzene rings is 2. The van der Waals surface area contributed by atoms with Crippen molar-refractivity contribution in [2.75, 3.05) is 13.1 Å². The molecule has 2 aromatic carbocycles. The second kappa shape index (κ2) is 10.5. The number of rotatable bonds is 7. The van der Waals surface area contributed by atoms with Crippen LogP contribution in [-0.4, -0.2) is 25.0 Å². The number of guanidine groups is 1. The van der Waals surface area contributed by atoms with Gasteiger partial charge in [0.25, 0.3) is 5.91 Å². The van der Waals surface area contributed by atoms with Gasteiger partial charge >= 0.3 is 6.18 Å². The van der Waals surface area contributed by atoms with E-state index in [1.165, 1.54) is 6.07 Å². The van der Waals surface area contributed by atoms with Crippen LogP contribution in [0.4, 0.5) is 13.2 Å². The number of carbonyl (C=O) groups excluding carboxylic acids is 1. The Balaban J connectivity index is 2.00. The van der Waals surface area contributed by atoms with Gasteiger partial charge in [-0.25, -0.2) is 4.99 Å². The zero-order chi connectivity index (χ0) is 21.3. The van der Waals surface area contributed by atoms with Crippen LogP contribution in [-0.2, 0) is 19.3 Å². The van der Waals surface area contributed by atoms with E-state index in [-0.39, 0.29) is 12.5 Å². The summed E-state index contributed by atoms with van der Waals surface area (Å²) in [5.41, 5.74) is 1.32. The third-order valence-electron chi connectivity index (χ3n) is 4.03. The molecule has 0 heterocycles. The summed E-state index contributed by atoms with van der Waals surface area (Å²) in [6.07, 6.45) is -4.37. The van der Waals surface area contributed by atoms with Crippen molar-refractivity contribution < 1.29 is 18.0 Å². The van der Waals surface area contributed by atoms with Gasteiger partial charge in [0.15, 0.2) is 5.96 Å². The topological polar surface area (TPSA) is 65.5 Å². The molecule has 0 unspecified atom stereocenters. The maximum absolute atomic E-state index is 12.8. The SMILES string of the molecule is CCNC(=O)c1ccc(CNC(=NCc2cccc(C(F)(F)F)c2)NCC)cc1. The Morgan fingerprint density at radius 1 is 0.931 bits per heavy atom. The second-order valence-corrected chi connectivity index (χ2v) is 6.30. The Bertz CT molecular complexity index is 833. The number of carbonyl (C=O) groups is 1. The number of nitrogens with one attached hydrogen (secondary N) is 3. The van der Waals surface area contributed by atoms with Crippen LogP contribution in [0.5, 0.6) is 0 Å². The first-order valence-electron chi connectivity index (χ1n) is 9.39. The lowest BCUT2D eigenvalue weighted by atomic mass is 10.1. The van der Waals surface area contributed by atoms with Gasteiger partial charge in [-0.05, 0) is 49.2 Å². The number of alkyl halides is 3. The summed E-state index contributed by atoms with van der Waals surface area (Å²) in [5.74, 6) is 0.376. The van der Waals surface area contributed by atoms with Crippen LogP contribution < -0.4 is 16.0 Å². The molecule has 1 amide bonds. The second-order valence-electron chi connectivity index (χ2n) is 6.30. The standard InChI is InChI=1S/C21H25F3N4O/c1-3-25-19(29)17-10-8-15(9-11-17)13-27-20(26-4-2)28-14-16-6-5-7-18(12-16)21(22,23)24/h5-12H,3-4,13-14H2,1-2H3,(H,25,29)(H2,26,27,28). The van der Waals surface area contributed by atoms with Crippen molar-refractivity contribution >= 4 is 11.9 Å². The van der Waals surface area contributed by atoms with Crippen molar-refractivity contribution in [3.63, 3.8) is 0 Å². The maximum Gasteiger partial charge on any atom is 0.416 e. The van der Waals surface area contributed by atoms with Crippen LogP contribution in [0.25, 0.3) is 0 Å². The Kier molecular flexibility index (Phi) is 8.06. The molecule has 2 rings (SSSR count). The molecule has 0 aliphatic carbocycles. The van der Waals surface area contributed by atoms with Gasteiger partial charge in [-0.1, -0.05) is 24.3 Å². The Hall–Kier alpha value is -3.03. The summed E-state index contributed by atoms with van der Waals surface area (Å²) in [5, 5.41) is 8.95. The molecule has 2 aromatic rings. The van der Waals surface area contributed by atoms with E-state index in [1.807, 2.05) is 26.0 Å². The fourth-order valence-electron chi connectivity index (χ4n) is 2.58. The van der Waals surface area contributed by atoms with Crippen molar-refractivity contribution in [1.82, 2.24) is 16.0 Å². The normalized spacial score (nSPS) is 11.8. The first-order valence-corrected chi connectivity index (χ1v) is 9.39. The molecular weight excluding hydrogens is 381 g/mol. The largest absolute Gasteiger partial charge is 0.416 e. The molecule has 0 spiro atoms. The maximum atomic E-state index is 12.8. The molecule has 0 radical (unpaired) electrons. The molecule has 5 nitrogen and oxygen atoms in total. The molecule has 156 valence electrons. The Morgan fingerprint density at radius 3 is 2.24 bits per heavy atom. The molecule has 0 aliphatic rings. The summed E-state index contributed by atoms with van der Waals surface area (Å²) in [7, 11) is 0. The summed E-state index contributed by atoms with van der Waals surface area (Å²) in [6.45, 7) is 5.53. The van der Waals surface area contributed by atoms with Gasteiger partial charge in [0.05, 0.1) is 12.1 Å². The van der Waals surface area contributed by atoms with E-state index in [0.29, 0.717) is 36.7 Å². The molecule has 0 bridgehead atoms. The van der Waals surface area contributed by atoms with Crippen LogP contribution in [0.2, 0.25) is 0 Å². The highest BCUT2D eigenvalue weighted by atomic mass is 19.4. The van der Waals surface area contributed by atoms with E-state index >= 15 is 0 Å². The fraction of sp³-hybridized carbons (Fsp3) is 0.333. The summed E-state index contributed by atoms with van der Waals surface area (Å²) >= 11 is 0. The summed E-state index contributed by atoms with van der Waals surface area (Å²) in [4.78, 5) is 16.1. The zero-order valence-corrected chi connectivity index (χ0v) is 16.4. The van der Waals surface area contributed by atoms with Gasteiger partial charge in [-0.2, -0.15) is 13.2 Å². The molecule has 0 fully saturated rings. The molecule has 3 N–H and O–H groups in total. The quantitative estimate of drug-likeness (QED) is 0.485. The van der Waals surface area contributed by atoms with Gasteiger partial charge < -0.3 is 16.0 Å². The highest BCUT2D eigenvalue weighted by Gasteiger charge is 2.30. The van der Waals surface area contributed by atoms with Gasteiger partial charge in [0.2, 0.25) is 0 Å². The molecule has 0 saturated carbocycles. The molecule has 0 aliphatic heterocycles. The van der Waals surface area contributed by atoms with E-state index in [9.17, 15) is 18.0 Å². The Labute approximate surface area is 168 Å². The molecular formula is C21H25F3N4O. The van der Waals surface area contributed by atoms with Crippen LogP contribution in [0.1, 0.15) is 40.9 Å². The predicted octanol–water partition coefficient (Wildman–Crippen LogP) is 3.71. The lowest BCUT2D eigenvalue weighted by molar-refractivity contribution is -0.137. The molecule has 0 saturated heterocycles. The minimum absolute atomic E-state index is 0.120. The van der Waals surface area contributed by atoms with E-state index < -0.39 is 11.7 Å². The number of hydrogen-bond donors (Lipinski definition) is 3. The van der Waals surface area contributed by atoms with Crippen LogP contribution in [0.3, 0.4) is 0 Å². The third kappa shape index (κ3) is 7.14. The Morgan fingerprint density at radius 2 is 1.62 bits per heavy atom. The monoisotopic (exact) mass is 406 g/mol. The van der Waals surface area contributed by atoms with Crippen molar-refractivity contribution in [2.45, 2.75) is 33.1 Å². The van der Waals surface area contributed by atoms with Gasteiger partial charge in [-0.3, -0.25) is 4.79 Å². The van der Waals surface area contributed by atoms with E-state index in [1.54, 1.807) is 18.2 Å². The smallest absolute Gasteiger partial charge is 0.357 e. The van der Waals surface area contributed by atoms with Crippen molar-refractivity contribution in [3.05, 3.63) is 70.8 Å². The fourth-order valence-corrected chi connectivity index (χ4v) is 2.58. The van der Waals surface area contributed by atoms with Crippen molar-refractivity contribution in [1.29, 1.82) is 0 Å². The van der Waals surface area contributed by atoms with E-state index in [4.69, 9.17) is 0 Å².